The number of nitrogens with one attached hydrogen (secondary N) is 1. The number of benzene rings is 2. The van der Waals surface area contributed by atoms with Gasteiger partial charge in [0, 0.05) is 18.7 Å². The lowest BCUT2D eigenvalue weighted by Gasteiger charge is -2.07. The van der Waals surface area contributed by atoms with Gasteiger partial charge >= 0.3 is 0 Å². The number of phenolic OH excluding ortho intramolecular Hbond substituents is 1. The standard InChI is InChI=1S/C22H18N2O5/c1-28-12-14-11-17(26)20(27)21(29-14)19-18(13-7-3-2-4-8-13)23-22(24-19)15-9-5-6-10-16(15)25/h2-11,25,27H,12H2,1H3,(H,23,24). The SMILES string of the molecule is COCc1cc(=O)c(O)c(-c2[nH]c(-c3ccccc3O)nc2-c2ccccc2)o1. The molecule has 0 saturated heterocycles. The molecule has 3 N–H and O–H groups in total. The molecule has 0 aliphatic carbocycles. The molecule has 146 valence electrons. The van der Waals surface area contributed by atoms with E-state index < -0.39 is 11.2 Å². The van der Waals surface area contributed by atoms with Crippen LogP contribution in [0.2, 0.25) is 0 Å². The van der Waals surface area contributed by atoms with E-state index in [0.717, 1.165) is 5.56 Å². The van der Waals surface area contributed by atoms with E-state index in [2.05, 4.69) is 9.97 Å². The van der Waals surface area contributed by atoms with Crippen molar-refractivity contribution in [1.82, 2.24) is 9.97 Å². The van der Waals surface area contributed by atoms with Gasteiger partial charge in [0.05, 0.1) is 5.56 Å². The number of rotatable bonds is 5. The lowest BCUT2D eigenvalue weighted by atomic mass is 10.1. The number of phenols is 1. The van der Waals surface area contributed by atoms with E-state index in [1.165, 1.54) is 13.2 Å². The highest BCUT2D eigenvalue weighted by atomic mass is 16.5. The van der Waals surface area contributed by atoms with E-state index in [0.29, 0.717) is 22.8 Å². The maximum absolute atomic E-state index is 12.2. The first kappa shape index (κ1) is 18.5. The van der Waals surface area contributed by atoms with Gasteiger partial charge in [0.15, 0.2) is 5.76 Å². The molecular formula is C22H18N2O5. The van der Waals surface area contributed by atoms with Crippen molar-refractivity contribution >= 4 is 0 Å². The topological polar surface area (TPSA) is 109 Å². The van der Waals surface area contributed by atoms with Gasteiger partial charge in [-0.15, -0.1) is 0 Å². The first-order chi connectivity index (χ1) is 14.1. The van der Waals surface area contributed by atoms with E-state index in [-0.39, 0.29) is 23.9 Å². The second-order valence-electron chi connectivity index (χ2n) is 6.38. The second-order valence-corrected chi connectivity index (χ2v) is 6.38. The zero-order chi connectivity index (χ0) is 20.4. The first-order valence-corrected chi connectivity index (χ1v) is 8.87. The highest BCUT2D eigenvalue weighted by Gasteiger charge is 2.23. The van der Waals surface area contributed by atoms with Gasteiger partial charge in [0.1, 0.15) is 35.3 Å². The Bertz CT molecular complexity index is 1210. The normalized spacial score (nSPS) is 10.9. The van der Waals surface area contributed by atoms with Gasteiger partial charge in [-0.1, -0.05) is 42.5 Å². The number of ether oxygens (including phenoxy) is 1. The minimum absolute atomic E-state index is 0.0439. The summed E-state index contributed by atoms with van der Waals surface area (Å²) in [6, 6.07) is 17.2. The highest BCUT2D eigenvalue weighted by Crippen LogP contribution is 2.38. The molecule has 2 aromatic carbocycles. The average molecular weight is 390 g/mol. The summed E-state index contributed by atoms with van der Waals surface area (Å²) in [5, 5.41) is 20.6. The number of methoxy groups -OCH3 is 1. The molecule has 0 aliphatic rings. The summed E-state index contributed by atoms with van der Waals surface area (Å²) in [5.41, 5.74) is 1.43. The maximum atomic E-state index is 12.2. The Balaban J connectivity index is 1.98. The largest absolute Gasteiger partial charge is 0.507 e. The molecule has 4 rings (SSSR count). The van der Waals surface area contributed by atoms with Crippen LogP contribution in [0, 0.1) is 0 Å². The molecule has 0 saturated carbocycles. The van der Waals surface area contributed by atoms with Crippen molar-refractivity contribution in [2.75, 3.05) is 7.11 Å². The molecule has 0 fully saturated rings. The molecule has 0 bridgehead atoms. The van der Waals surface area contributed by atoms with Crippen LogP contribution in [0.4, 0.5) is 0 Å². The van der Waals surface area contributed by atoms with Crippen LogP contribution in [0.5, 0.6) is 11.5 Å². The lowest BCUT2D eigenvalue weighted by Crippen LogP contribution is -2.04. The molecule has 0 radical (unpaired) electrons. The average Bonchev–Trinajstić information content (AvgIpc) is 3.17. The third-order valence-corrected chi connectivity index (χ3v) is 4.40. The number of para-hydroxylation sites is 1. The number of imidazole rings is 1. The Morgan fingerprint density at radius 3 is 2.52 bits per heavy atom. The van der Waals surface area contributed by atoms with Gasteiger partial charge in [-0.3, -0.25) is 4.79 Å². The number of H-pyrrole nitrogens is 1. The number of hydrogen-bond acceptors (Lipinski definition) is 6. The second kappa shape index (κ2) is 7.65. The molecular weight excluding hydrogens is 372 g/mol. The Kier molecular flexibility index (Phi) is 4.88. The van der Waals surface area contributed by atoms with Crippen LogP contribution in [0.25, 0.3) is 34.1 Å². The zero-order valence-corrected chi connectivity index (χ0v) is 15.5. The van der Waals surface area contributed by atoms with Crippen molar-refractivity contribution in [3.8, 4) is 45.6 Å². The van der Waals surface area contributed by atoms with Gasteiger partial charge < -0.3 is 24.4 Å². The Morgan fingerprint density at radius 2 is 1.79 bits per heavy atom. The number of aromatic hydroxyl groups is 2. The zero-order valence-electron chi connectivity index (χ0n) is 15.5. The number of aromatic amines is 1. The molecule has 7 heteroatoms. The van der Waals surface area contributed by atoms with E-state index in [1.54, 1.807) is 24.3 Å². The molecule has 0 atom stereocenters. The van der Waals surface area contributed by atoms with Crippen LogP contribution in [0.1, 0.15) is 5.76 Å². The Labute approximate surface area is 165 Å². The fraction of sp³-hybridized carbons (Fsp3) is 0.0909. The predicted molar refractivity (Wildman–Crippen MR) is 107 cm³/mol. The smallest absolute Gasteiger partial charge is 0.227 e. The summed E-state index contributed by atoms with van der Waals surface area (Å²) in [7, 11) is 1.48. The molecule has 2 aromatic heterocycles. The van der Waals surface area contributed by atoms with Crippen LogP contribution in [0.3, 0.4) is 0 Å². The van der Waals surface area contributed by atoms with Crippen molar-refractivity contribution in [2.45, 2.75) is 6.61 Å². The molecule has 29 heavy (non-hydrogen) atoms. The molecule has 0 unspecified atom stereocenters. The monoisotopic (exact) mass is 390 g/mol. The number of hydrogen-bond donors (Lipinski definition) is 3. The summed E-state index contributed by atoms with van der Waals surface area (Å²) < 4.78 is 10.8. The lowest BCUT2D eigenvalue weighted by molar-refractivity contribution is 0.162. The van der Waals surface area contributed by atoms with E-state index in [1.807, 2.05) is 30.3 Å². The van der Waals surface area contributed by atoms with Gasteiger partial charge in [0.25, 0.3) is 0 Å². The Hall–Kier alpha value is -3.84. The summed E-state index contributed by atoms with van der Waals surface area (Å²) in [5.74, 6) is 0.109. The first-order valence-electron chi connectivity index (χ1n) is 8.87. The number of aromatic nitrogens is 2. The van der Waals surface area contributed by atoms with Gasteiger partial charge in [-0.05, 0) is 12.1 Å². The van der Waals surface area contributed by atoms with E-state index >= 15 is 0 Å². The fourth-order valence-electron chi connectivity index (χ4n) is 3.06. The highest BCUT2D eigenvalue weighted by molar-refractivity contribution is 5.81. The number of nitrogens with zero attached hydrogens (tertiary/aromatic N) is 1. The van der Waals surface area contributed by atoms with E-state index in [4.69, 9.17) is 9.15 Å². The van der Waals surface area contributed by atoms with Crippen molar-refractivity contribution < 1.29 is 19.4 Å². The predicted octanol–water partition coefficient (Wildman–Crippen LogP) is 3.92. The summed E-state index contributed by atoms with van der Waals surface area (Å²) in [6.07, 6.45) is 0. The third kappa shape index (κ3) is 3.51. The summed E-state index contributed by atoms with van der Waals surface area (Å²) in [4.78, 5) is 19.9. The van der Waals surface area contributed by atoms with Crippen LogP contribution in [-0.2, 0) is 11.3 Å². The molecule has 0 aliphatic heterocycles. The van der Waals surface area contributed by atoms with Crippen LogP contribution in [-0.4, -0.2) is 27.3 Å². The minimum Gasteiger partial charge on any atom is -0.507 e. The minimum atomic E-state index is -0.587. The molecule has 7 nitrogen and oxygen atoms in total. The third-order valence-electron chi connectivity index (χ3n) is 4.40. The van der Waals surface area contributed by atoms with Gasteiger partial charge in [-0.25, -0.2) is 4.98 Å². The Morgan fingerprint density at radius 1 is 1.07 bits per heavy atom. The van der Waals surface area contributed by atoms with E-state index in [9.17, 15) is 15.0 Å². The van der Waals surface area contributed by atoms with Crippen LogP contribution in [0.15, 0.2) is 69.9 Å². The summed E-state index contributed by atoms with van der Waals surface area (Å²) in [6.45, 7) is 0.0731. The molecule has 4 aromatic rings. The molecule has 2 heterocycles. The molecule has 0 amide bonds. The summed E-state index contributed by atoms with van der Waals surface area (Å²) >= 11 is 0. The van der Waals surface area contributed by atoms with Crippen LogP contribution < -0.4 is 5.43 Å². The molecule has 0 spiro atoms. The van der Waals surface area contributed by atoms with Crippen LogP contribution >= 0.6 is 0 Å². The van der Waals surface area contributed by atoms with Crippen molar-refractivity contribution in [3.05, 3.63) is 76.6 Å². The fourth-order valence-corrected chi connectivity index (χ4v) is 3.06. The van der Waals surface area contributed by atoms with Crippen molar-refractivity contribution in [1.29, 1.82) is 0 Å². The van der Waals surface area contributed by atoms with Crippen molar-refractivity contribution in [3.63, 3.8) is 0 Å². The maximum Gasteiger partial charge on any atom is 0.227 e. The quantitative estimate of drug-likeness (QED) is 0.477. The van der Waals surface area contributed by atoms with Crippen molar-refractivity contribution in [2.24, 2.45) is 0 Å². The van der Waals surface area contributed by atoms with Gasteiger partial charge in [0.2, 0.25) is 11.2 Å². The van der Waals surface area contributed by atoms with Gasteiger partial charge in [-0.2, -0.15) is 0 Å².